The molecule has 4 nitrogen and oxygen atoms in total. The second kappa shape index (κ2) is 17.9. The summed E-state index contributed by atoms with van der Waals surface area (Å²) in [5.41, 5.74) is 6.28. The van der Waals surface area contributed by atoms with Gasteiger partial charge in [-0.25, -0.2) is 0 Å². The van der Waals surface area contributed by atoms with Crippen molar-refractivity contribution in [2.24, 2.45) is 17.8 Å². The molecular weight excluding hydrogens is 530 g/mol. The molecule has 3 aromatic rings. The van der Waals surface area contributed by atoms with Gasteiger partial charge in [-0.1, -0.05) is 57.5 Å². The maximum Gasteiger partial charge on any atom is 0.194 e. The predicted octanol–water partition coefficient (Wildman–Crippen LogP) is 10.7. The number of anilines is 1. The molecule has 2 saturated carbocycles. The van der Waals surface area contributed by atoms with E-state index >= 15 is 0 Å². The third-order valence-electron chi connectivity index (χ3n) is 9.22. The van der Waals surface area contributed by atoms with Gasteiger partial charge in [0.25, 0.3) is 0 Å². The van der Waals surface area contributed by atoms with Crippen LogP contribution in [0.1, 0.15) is 125 Å². The molecule has 2 fully saturated rings. The fraction of sp³-hybridized carbons (Fsp3) is 0.538. The van der Waals surface area contributed by atoms with Crippen LogP contribution >= 0.6 is 0 Å². The molecule has 2 aromatic carbocycles. The van der Waals surface area contributed by atoms with Crippen molar-refractivity contribution in [1.82, 2.24) is 0 Å². The average Bonchev–Trinajstić information content (AvgIpc) is 3.79. The maximum atomic E-state index is 12.8. The van der Waals surface area contributed by atoms with Gasteiger partial charge in [0.1, 0.15) is 0 Å². The van der Waals surface area contributed by atoms with Crippen molar-refractivity contribution in [2.45, 2.75) is 106 Å². The molecule has 0 radical (unpaired) electrons. The Balaban J connectivity index is 0.000000528. The van der Waals surface area contributed by atoms with Crippen LogP contribution in [0.15, 0.2) is 65.3 Å². The molecule has 1 aromatic heterocycles. The summed E-state index contributed by atoms with van der Waals surface area (Å²) < 4.78 is 4.75. The number of rotatable bonds is 13. The zero-order valence-corrected chi connectivity index (χ0v) is 27.7. The largest absolute Gasteiger partial charge is 0.461 e. The Labute approximate surface area is 262 Å². The third kappa shape index (κ3) is 10.2. The van der Waals surface area contributed by atoms with Crippen LogP contribution < -0.4 is 4.90 Å². The van der Waals surface area contributed by atoms with Gasteiger partial charge in [-0.3, -0.25) is 9.59 Å². The van der Waals surface area contributed by atoms with Gasteiger partial charge in [-0.15, -0.1) is 0 Å². The van der Waals surface area contributed by atoms with Crippen molar-refractivity contribution >= 4 is 17.3 Å². The molecule has 2 bridgehead atoms. The first-order chi connectivity index (χ1) is 20.9. The van der Waals surface area contributed by atoms with Crippen LogP contribution in [0.3, 0.4) is 0 Å². The highest BCUT2D eigenvalue weighted by Gasteiger charge is 2.38. The van der Waals surface area contributed by atoms with Crippen LogP contribution in [0, 0.1) is 31.6 Å². The second-order valence-electron chi connectivity index (χ2n) is 12.3. The first kappa shape index (κ1) is 34.4. The summed E-state index contributed by atoms with van der Waals surface area (Å²) >= 11 is 0. The standard InChI is InChI=1S/C31H43NO.C6H6O2.C2H6.H2/c1-4-18-32(30-12-6-5-9-23(30)2)19-8-11-26-16-17-29(20-24(26)3)31(33)13-7-10-27-21-25-14-15-28(27)22-25;1-5(7)6-3-2-4-8-6;1-2;/h5-6,9,12,16-17,20,25,27-28H,4,7-8,10-11,13-15,18-19,21-22H2,1-3H3;2-4H,1H3;1-2H3;1H/t25-,27?,28-;;;/m1.../s1. The van der Waals surface area contributed by atoms with Crippen molar-refractivity contribution in [1.29, 1.82) is 0 Å². The summed E-state index contributed by atoms with van der Waals surface area (Å²) in [7, 11) is 0. The maximum absolute atomic E-state index is 12.8. The summed E-state index contributed by atoms with van der Waals surface area (Å²) in [6.07, 6.45) is 13.7. The van der Waals surface area contributed by atoms with Crippen LogP contribution in [0.5, 0.6) is 0 Å². The van der Waals surface area contributed by atoms with E-state index in [0.717, 1.165) is 68.5 Å². The molecule has 4 heteroatoms. The number of nitrogens with zero attached hydrogens (tertiary/aromatic N) is 1. The van der Waals surface area contributed by atoms with Crippen molar-refractivity contribution < 1.29 is 15.4 Å². The fourth-order valence-electron chi connectivity index (χ4n) is 7.03. The SMILES string of the molecule is CC.CC(=O)c1ccco1.CCCN(CCCc1ccc(C(=O)CCCC2C[C@H]3CC[C@@H]2C3)cc1C)c1ccccc1C.[HH]. The van der Waals surface area contributed by atoms with E-state index in [0.29, 0.717) is 11.5 Å². The molecule has 0 saturated heterocycles. The fourth-order valence-corrected chi connectivity index (χ4v) is 7.03. The molecule has 2 aliphatic carbocycles. The number of benzene rings is 2. The molecule has 1 unspecified atom stereocenters. The van der Waals surface area contributed by atoms with Gasteiger partial charge < -0.3 is 9.32 Å². The van der Waals surface area contributed by atoms with Gasteiger partial charge in [0.05, 0.1) is 6.26 Å². The lowest BCUT2D eigenvalue weighted by Crippen LogP contribution is -2.26. The average molecular weight is 588 g/mol. The Bertz CT molecular complexity index is 1270. The molecular formula is C39H57NO3. The Hall–Kier alpha value is -3.14. The van der Waals surface area contributed by atoms with Gasteiger partial charge in [-0.2, -0.15) is 0 Å². The number of furan rings is 1. The van der Waals surface area contributed by atoms with Gasteiger partial charge in [0, 0.05) is 39.1 Å². The monoisotopic (exact) mass is 587 g/mol. The molecule has 0 spiro atoms. The molecule has 0 amide bonds. The van der Waals surface area contributed by atoms with E-state index in [1.807, 2.05) is 13.8 Å². The minimum atomic E-state index is -0.0324. The summed E-state index contributed by atoms with van der Waals surface area (Å²) in [5, 5.41) is 0. The Kier molecular flexibility index (Phi) is 14.3. The van der Waals surface area contributed by atoms with E-state index in [9.17, 15) is 9.59 Å². The highest BCUT2D eigenvalue weighted by Crippen LogP contribution is 2.50. The van der Waals surface area contributed by atoms with Gasteiger partial charge in [-0.05, 0) is 124 Å². The van der Waals surface area contributed by atoms with E-state index < -0.39 is 0 Å². The Morgan fingerprint density at radius 1 is 0.930 bits per heavy atom. The predicted molar refractivity (Wildman–Crippen MR) is 182 cm³/mol. The zero-order valence-electron chi connectivity index (χ0n) is 27.7. The van der Waals surface area contributed by atoms with Gasteiger partial charge >= 0.3 is 0 Å². The molecule has 0 N–H and O–H groups in total. The van der Waals surface area contributed by atoms with Crippen LogP contribution in [-0.2, 0) is 6.42 Å². The topological polar surface area (TPSA) is 50.5 Å². The van der Waals surface area contributed by atoms with E-state index in [1.165, 1.54) is 67.7 Å². The smallest absolute Gasteiger partial charge is 0.194 e. The number of hydrogen-bond donors (Lipinski definition) is 0. The minimum Gasteiger partial charge on any atom is -0.461 e. The van der Waals surface area contributed by atoms with E-state index in [4.69, 9.17) is 4.42 Å². The van der Waals surface area contributed by atoms with E-state index in [1.54, 1.807) is 12.1 Å². The van der Waals surface area contributed by atoms with Crippen molar-refractivity contribution in [3.8, 4) is 0 Å². The lowest BCUT2D eigenvalue weighted by Gasteiger charge is -2.26. The molecule has 5 rings (SSSR count). The van der Waals surface area contributed by atoms with Crippen LogP contribution in [-0.4, -0.2) is 24.7 Å². The van der Waals surface area contributed by atoms with Crippen molar-refractivity contribution in [2.75, 3.05) is 18.0 Å². The summed E-state index contributed by atoms with van der Waals surface area (Å²) in [5.74, 6) is 3.62. The lowest BCUT2D eigenvalue weighted by atomic mass is 9.85. The molecule has 3 atom stereocenters. The van der Waals surface area contributed by atoms with Crippen LogP contribution in [0.4, 0.5) is 5.69 Å². The number of para-hydroxylation sites is 1. The molecule has 43 heavy (non-hydrogen) atoms. The highest BCUT2D eigenvalue weighted by atomic mass is 16.3. The molecule has 0 aliphatic heterocycles. The Morgan fingerprint density at radius 3 is 2.30 bits per heavy atom. The number of ketones is 2. The van der Waals surface area contributed by atoms with Crippen LogP contribution in [0.2, 0.25) is 0 Å². The van der Waals surface area contributed by atoms with Crippen molar-refractivity contribution in [3.63, 3.8) is 0 Å². The first-order valence-corrected chi connectivity index (χ1v) is 16.8. The number of fused-ring (bicyclic) bond motifs is 2. The second-order valence-corrected chi connectivity index (χ2v) is 12.3. The van der Waals surface area contributed by atoms with Crippen LogP contribution in [0.25, 0.3) is 0 Å². The normalized spacial score (nSPS) is 18.3. The number of carbonyl (C=O) groups excluding carboxylic acids is 2. The van der Waals surface area contributed by atoms with Gasteiger partial charge in [0.2, 0.25) is 0 Å². The summed E-state index contributed by atoms with van der Waals surface area (Å²) in [6, 6.07) is 18.5. The van der Waals surface area contributed by atoms with Crippen molar-refractivity contribution in [3.05, 3.63) is 88.9 Å². The molecule has 236 valence electrons. The zero-order chi connectivity index (χ0) is 31.2. The molecule has 1 heterocycles. The van der Waals surface area contributed by atoms with E-state index in [2.05, 4.69) is 68.1 Å². The lowest BCUT2D eigenvalue weighted by molar-refractivity contribution is 0.0972. The third-order valence-corrected chi connectivity index (χ3v) is 9.22. The summed E-state index contributed by atoms with van der Waals surface area (Å²) in [4.78, 5) is 25.7. The number of aryl methyl sites for hydroxylation is 3. The Morgan fingerprint density at radius 2 is 1.72 bits per heavy atom. The molecule has 2 aliphatic rings. The summed E-state index contributed by atoms with van der Waals surface area (Å²) in [6.45, 7) is 14.3. The number of carbonyl (C=O) groups is 2. The number of hydrogen-bond acceptors (Lipinski definition) is 4. The van der Waals surface area contributed by atoms with Gasteiger partial charge in [0.15, 0.2) is 17.3 Å². The van der Waals surface area contributed by atoms with E-state index in [-0.39, 0.29) is 7.21 Å². The minimum absolute atomic E-state index is 0. The highest BCUT2D eigenvalue weighted by molar-refractivity contribution is 5.96. The first-order valence-electron chi connectivity index (χ1n) is 16.8. The number of Topliss-reactive ketones (excluding diaryl/α,β-unsaturated/α-hetero) is 2. The quantitative estimate of drug-likeness (QED) is 0.187.